The van der Waals surface area contributed by atoms with Gasteiger partial charge >= 0.3 is 0 Å². The summed E-state index contributed by atoms with van der Waals surface area (Å²) >= 11 is 1.83. The summed E-state index contributed by atoms with van der Waals surface area (Å²) in [5, 5.41) is 3.49. The van der Waals surface area contributed by atoms with Gasteiger partial charge in [0.2, 0.25) is 5.91 Å². The quantitative estimate of drug-likeness (QED) is 0.731. The molecule has 0 aromatic carbocycles. The Bertz CT molecular complexity index is 255. The third-order valence-electron chi connectivity index (χ3n) is 3.63. The Morgan fingerprint density at radius 2 is 2.17 bits per heavy atom. The summed E-state index contributed by atoms with van der Waals surface area (Å²) < 4.78 is 0. The number of amides is 1. The number of rotatable bonds is 7. The fraction of sp³-hybridized carbons (Fsp3) is 0.923. The van der Waals surface area contributed by atoms with Gasteiger partial charge in [-0.2, -0.15) is 11.8 Å². The van der Waals surface area contributed by atoms with Crippen LogP contribution in [0.5, 0.6) is 0 Å². The highest BCUT2D eigenvalue weighted by Gasteiger charge is 2.33. The van der Waals surface area contributed by atoms with Crippen LogP contribution in [-0.2, 0) is 4.79 Å². The van der Waals surface area contributed by atoms with Crippen LogP contribution in [0.1, 0.15) is 38.5 Å². The zero-order valence-corrected chi connectivity index (χ0v) is 12.8. The molecule has 0 spiro atoms. The molecule has 106 valence electrons. The molecule has 1 saturated carbocycles. The number of halogens is 1. The van der Waals surface area contributed by atoms with Gasteiger partial charge in [-0.15, -0.1) is 12.4 Å². The summed E-state index contributed by atoms with van der Waals surface area (Å²) in [5.41, 5.74) is 0. The average Bonchev–Trinajstić information content (AvgIpc) is 3.03. The molecule has 1 atom stereocenters. The summed E-state index contributed by atoms with van der Waals surface area (Å²) in [5.74, 6) is 1.49. The van der Waals surface area contributed by atoms with Crippen molar-refractivity contribution in [2.45, 2.75) is 50.6 Å². The molecule has 3 nitrogen and oxygen atoms in total. The SMILES string of the molecule is CSCCCC(=O)N(CC1CCCN1)C1CC1.Cl. The predicted octanol–water partition coefficient (Wildman–Crippen LogP) is 2.29. The van der Waals surface area contributed by atoms with Crippen LogP contribution in [-0.4, -0.2) is 48.0 Å². The summed E-state index contributed by atoms with van der Waals surface area (Å²) in [4.78, 5) is 14.3. The summed E-state index contributed by atoms with van der Waals surface area (Å²) in [6.45, 7) is 2.08. The Morgan fingerprint density at radius 1 is 1.39 bits per heavy atom. The molecule has 1 unspecified atom stereocenters. The second-order valence-electron chi connectivity index (χ2n) is 5.17. The number of nitrogens with one attached hydrogen (secondary N) is 1. The highest BCUT2D eigenvalue weighted by Crippen LogP contribution is 2.28. The Labute approximate surface area is 121 Å². The van der Waals surface area contributed by atoms with Gasteiger partial charge in [-0.1, -0.05) is 0 Å². The zero-order chi connectivity index (χ0) is 12.1. The Morgan fingerprint density at radius 3 is 2.72 bits per heavy atom. The van der Waals surface area contributed by atoms with Crippen molar-refractivity contribution in [1.82, 2.24) is 10.2 Å². The molecule has 0 radical (unpaired) electrons. The first-order valence-electron chi connectivity index (χ1n) is 6.83. The summed E-state index contributed by atoms with van der Waals surface area (Å²) in [6.07, 6.45) is 8.82. The minimum atomic E-state index is 0. The van der Waals surface area contributed by atoms with E-state index in [1.165, 1.54) is 25.7 Å². The fourth-order valence-electron chi connectivity index (χ4n) is 2.50. The number of carbonyl (C=O) groups is 1. The lowest BCUT2D eigenvalue weighted by Crippen LogP contribution is -2.42. The van der Waals surface area contributed by atoms with Crippen molar-refractivity contribution in [2.24, 2.45) is 0 Å². The van der Waals surface area contributed by atoms with Gasteiger partial charge in [-0.05, 0) is 50.7 Å². The maximum Gasteiger partial charge on any atom is 0.222 e. The monoisotopic (exact) mass is 292 g/mol. The van der Waals surface area contributed by atoms with Gasteiger partial charge in [-0.25, -0.2) is 0 Å². The molecule has 1 aliphatic heterocycles. The van der Waals surface area contributed by atoms with E-state index in [1.807, 2.05) is 11.8 Å². The zero-order valence-electron chi connectivity index (χ0n) is 11.2. The molecule has 18 heavy (non-hydrogen) atoms. The lowest BCUT2D eigenvalue weighted by atomic mass is 10.2. The van der Waals surface area contributed by atoms with E-state index in [4.69, 9.17) is 0 Å². The van der Waals surface area contributed by atoms with Gasteiger partial charge in [0.05, 0.1) is 0 Å². The van der Waals surface area contributed by atoms with Gasteiger partial charge in [-0.3, -0.25) is 4.79 Å². The molecule has 1 amide bonds. The van der Waals surface area contributed by atoms with Crippen LogP contribution in [0, 0.1) is 0 Å². The number of hydrogen-bond acceptors (Lipinski definition) is 3. The van der Waals surface area contributed by atoms with E-state index in [-0.39, 0.29) is 12.4 Å². The maximum atomic E-state index is 12.2. The van der Waals surface area contributed by atoms with Crippen molar-refractivity contribution >= 4 is 30.1 Å². The van der Waals surface area contributed by atoms with E-state index in [9.17, 15) is 4.79 Å². The highest BCUT2D eigenvalue weighted by molar-refractivity contribution is 7.98. The van der Waals surface area contributed by atoms with E-state index in [2.05, 4.69) is 16.5 Å². The van der Waals surface area contributed by atoms with Crippen LogP contribution < -0.4 is 5.32 Å². The van der Waals surface area contributed by atoms with E-state index in [0.717, 1.165) is 31.7 Å². The number of hydrogen-bond donors (Lipinski definition) is 1. The van der Waals surface area contributed by atoms with Crippen molar-refractivity contribution < 1.29 is 4.79 Å². The fourth-order valence-corrected chi connectivity index (χ4v) is 2.94. The average molecular weight is 293 g/mol. The number of thioether (sulfide) groups is 1. The van der Waals surface area contributed by atoms with E-state index in [1.54, 1.807) is 0 Å². The van der Waals surface area contributed by atoms with Crippen molar-refractivity contribution in [3.05, 3.63) is 0 Å². The number of carbonyl (C=O) groups excluding carboxylic acids is 1. The van der Waals surface area contributed by atoms with E-state index in [0.29, 0.717) is 18.0 Å². The third-order valence-corrected chi connectivity index (χ3v) is 4.32. The first-order valence-corrected chi connectivity index (χ1v) is 8.22. The molecule has 2 fully saturated rings. The molecular formula is C13H25ClN2OS. The molecule has 1 heterocycles. The van der Waals surface area contributed by atoms with Gasteiger partial charge in [0.1, 0.15) is 0 Å². The molecule has 0 aromatic rings. The standard InChI is InChI=1S/C13H24N2OS.ClH/c1-17-9-3-5-13(16)15(12-6-7-12)10-11-4-2-8-14-11;/h11-12,14H,2-10H2,1H3;1H. The van der Waals surface area contributed by atoms with E-state index >= 15 is 0 Å². The van der Waals surface area contributed by atoms with Crippen molar-refractivity contribution in [3.63, 3.8) is 0 Å². The van der Waals surface area contributed by atoms with Gasteiger partial charge in [0.15, 0.2) is 0 Å². The van der Waals surface area contributed by atoms with Crippen molar-refractivity contribution in [1.29, 1.82) is 0 Å². The smallest absolute Gasteiger partial charge is 0.222 e. The first kappa shape index (κ1) is 16.1. The molecule has 5 heteroatoms. The second kappa shape index (κ2) is 8.28. The topological polar surface area (TPSA) is 32.3 Å². The minimum absolute atomic E-state index is 0. The Balaban J connectivity index is 0.00000162. The van der Waals surface area contributed by atoms with Crippen LogP contribution >= 0.6 is 24.2 Å². The summed E-state index contributed by atoms with van der Waals surface area (Å²) in [7, 11) is 0. The number of nitrogens with zero attached hydrogens (tertiary/aromatic N) is 1. The molecule has 1 aliphatic carbocycles. The minimum Gasteiger partial charge on any atom is -0.338 e. The van der Waals surface area contributed by atoms with Crippen LogP contribution in [0.4, 0.5) is 0 Å². The van der Waals surface area contributed by atoms with Crippen LogP contribution in [0.15, 0.2) is 0 Å². The van der Waals surface area contributed by atoms with Crippen molar-refractivity contribution in [3.8, 4) is 0 Å². The van der Waals surface area contributed by atoms with Crippen molar-refractivity contribution in [2.75, 3.05) is 25.1 Å². The van der Waals surface area contributed by atoms with Gasteiger partial charge in [0, 0.05) is 25.0 Å². The molecule has 0 bridgehead atoms. The van der Waals surface area contributed by atoms with E-state index < -0.39 is 0 Å². The van der Waals surface area contributed by atoms with Gasteiger partial charge < -0.3 is 10.2 Å². The second-order valence-corrected chi connectivity index (χ2v) is 6.15. The maximum absolute atomic E-state index is 12.2. The predicted molar refractivity (Wildman–Crippen MR) is 80.6 cm³/mol. The lowest BCUT2D eigenvalue weighted by molar-refractivity contribution is -0.132. The normalized spacial score (nSPS) is 22.6. The first-order chi connectivity index (χ1) is 8.31. The Hall–Kier alpha value is 0.0700. The molecule has 1 saturated heterocycles. The summed E-state index contributed by atoms with van der Waals surface area (Å²) in [6, 6.07) is 1.12. The molecular weight excluding hydrogens is 268 g/mol. The van der Waals surface area contributed by atoms with Crippen LogP contribution in [0.25, 0.3) is 0 Å². The Kier molecular flexibility index (Phi) is 7.42. The molecule has 2 aliphatic rings. The van der Waals surface area contributed by atoms with Gasteiger partial charge in [0.25, 0.3) is 0 Å². The molecule has 0 aromatic heterocycles. The largest absolute Gasteiger partial charge is 0.338 e. The highest BCUT2D eigenvalue weighted by atomic mass is 35.5. The molecule has 1 N–H and O–H groups in total. The third kappa shape index (κ3) is 4.98. The van der Waals surface area contributed by atoms with Crippen LogP contribution in [0.2, 0.25) is 0 Å². The molecule has 2 rings (SSSR count). The van der Waals surface area contributed by atoms with Crippen LogP contribution in [0.3, 0.4) is 0 Å². The lowest BCUT2D eigenvalue weighted by Gasteiger charge is -2.26.